The molecule has 1 saturated carbocycles. The number of nitrogens with zero attached hydrogens (tertiary/aromatic N) is 3. The monoisotopic (exact) mass is 459 g/mol. The van der Waals surface area contributed by atoms with Crippen LogP contribution in [0, 0.1) is 27.4 Å². The number of nitro groups is 1. The number of nitrogens with one attached hydrogen (secondary N) is 2. The third kappa shape index (κ3) is 3.83. The first-order valence-electron chi connectivity index (χ1n) is 10.8. The predicted molar refractivity (Wildman–Crippen MR) is 123 cm³/mol. The number of para-hydroxylation sites is 1. The van der Waals surface area contributed by atoms with E-state index < -0.39 is 16.2 Å². The lowest BCUT2D eigenvalue weighted by molar-refractivity contribution is -0.384. The lowest BCUT2D eigenvalue weighted by atomic mass is 9.76. The molecule has 0 radical (unpaired) electrons. The van der Waals surface area contributed by atoms with Gasteiger partial charge in [0.1, 0.15) is 0 Å². The highest BCUT2D eigenvalue weighted by Gasteiger charge is 2.50. The summed E-state index contributed by atoms with van der Waals surface area (Å²) in [5.41, 5.74) is 0.557. The maximum Gasteiger partial charge on any atom is 0.322 e. The number of fused-ring (bicyclic) bond motifs is 2. The number of anilines is 2. The van der Waals surface area contributed by atoms with E-state index in [9.17, 15) is 19.7 Å². The van der Waals surface area contributed by atoms with Gasteiger partial charge < -0.3 is 9.73 Å². The van der Waals surface area contributed by atoms with Gasteiger partial charge in [0.15, 0.2) is 0 Å². The molecule has 3 atom stereocenters. The van der Waals surface area contributed by atoms with E-state index >= 15 is 0 Å². The maximum absolute atomic E-state index is 13.1. The van der Waals surface area contributed by atoms with Gasteiger partial charge in [-0.15, -0.1) is 5.10 Å². The first kappa shape index (κ1) is 21.5. The fourth-order valence-electron chi connectivity index (χ4n) is 4.69. The minimum Gasteiger partial charge on any atom is -0.403 e. The standard InChI is InChI=1S/C24H21N5O5/c1-24(13-14-6-9-16(24)12-14)22(31)25-19-5-3-2-4-18(19)20(30)26-23-28-27-21(34-23)15-7-10-17(11-8-15)29(32)33/h2-11,14,16H,12-13H2,1H3,(H,25,31)(H,26,28,30)/t14-,16-,24-/m0/s1. The summed E-state index contributed by atoms with van der Waals surface area (Å²) in [4.78, 5) is 36.4. The number of carbonyl (C=O) groups excluding carboxylic acids is 2. The molecular weight excluding hydrogens is 438 g/mol. The molecule has 2 amide bonds. The lowest BCUT2D eigenvalue weighted by Crippen LogP contribution is -2.37. The summed E-state index contributed by atoms with van der Waals surface area (Å²) in [6.07, 6.45) is 6.07. The van der Waals surface area contributed by atoms with Gasteiger partial charge in [0, 0.05) is 17.7 Å². The summed E-state index contributed by atoms with van der Waals surface area (Å²) in [7, 11) is 0. The number of hydrogen-bond acceptors (Lipinski definition) is 7. The highest BCUT2D eigenvalue weighted by Crippen LogP contribution is 2.52. The van der Waals surface area contributed by atoms with Crippen LogP contribution in [-0.4, -0.2) is 26.9 Å². The van der Waals surface area contributed by atoms with Gasteiger partial charge in [-0.1, -0.05) is 36.3 Å². The second-order valence-electron chi connectivity index (χ2n) is 8.78. The number of benzene rings is 2. The topological polar surface area (TPSA) is 140 Å². The van der Waals surface area contributed by atoms with Crippen molar-refractivity contribution >= 4 is 29.2 Å². The van der Waals surface area contributed by atoms with E-state index in [0.29, 0.717) is 17.2 Å². The van der Waals surface area contributed by atoms with Crippen molar-refractivity contribution in [2.75, 3.05) is 10.6 Å². The van der Waals surface area contributed by atoms with Gasteiger partial charge in [0.2, 0.25) is 11.8 Å². The molecule has 172 valence electrons. The molecule has 2 bridgehead atoms. The van der Waals surface area contributed by atoms with E-state index in [1.54, 1.807) is 24.3 Å². The molecule has 0 unspecified atom stereocenters. The van der Waals surface area contributed by atoms with E-state index in [0.717, 1.165) is 12.8 Å². The van der Waals surface area contributed by atoms with Crippen LogP contribution in [0.1, 0.15) is 30.1 Å². The van der Waals surface area contributed by atoms with Crippen LogP contribution in [-0.2, 0) is 4.79 Å². The number of rotatable bonds is 6. The Bertz CT molecular complexity index is 1320. The number of nitro benzene ring substituents is 1. The summed E-state index contributed by atoms with van der Waals surface area (Å²) in [5, 5.41) is 24.0. The highest BCUT2D eigenvalue weighted by molar-refractivity contribution is 6.10. The molecule has 2 aromatic carbocycles. The molecular formula is C24H21N5O5. The number of hydrogen-bond donors (Lipinski definition) is 2. The zero-order valence-electron chi connectivity index (χ0n) is 18.2. The predicted octanol–water partition coefficient (Wildman–Crippen LogP) is 4.44. The molecule has 2 aliphatic carbocycles. The molecule has 0 aliphatic heterocycles. The smallest absolute Gasteiger partial charge is 0.322 e. The van der Waals surface area contributed by atoms with E-state index in [1.165, 1.54) is 24.3 Å². The third-order valence-corrected chi connectivity index (χ3v) is 6.59. The molecule has 0 saturated heterocycles. The summed E-state index contributed by atoms with van der Waals surface area (Å²) in [6.45, 7) is 1.97. The molecule has 2 aliphatic rings. The Hall–Kier alpha value is -4.34. The van der Waals surface area contributed by atoms with Crippen molar-refractivity contribution in [3.8, 4) is 11.5 Å². The average Bonchev–Trinajstić information content (AvgIpc) is 3.56. The van der Waals surface area contributed by atoms with E-state index in [2.05, 4.69) is 33.0 Å². The Kier molecular flexibility index (Phi) is 5.20. The summed E-state index contributed by atoms with van der Waals surface area (Å²) < 4.78 is 5.49. The van der Waals surface area contributed by atoms with Crippen molar-refractivity contribution in [1.82, 2.24) is 10.2 Å². The normalized spacial score (nSPS) is 22.5. The summed E-state index contributed by atoms with van der Waals surface area (Å²) in [6, 6.07) is 12.2. The number of aromatic nitrogens is 2. The fourth-order valence-corrected chi connectivity index (χ4v) is 4.69. The first-order chi connectivity index (χ1) is 16.3. The van der Waals surface area contributed by atoms with E-state index in [-0.39, 0.29) is 35.0 Å². The summed E-state index contributed by atoms with van der Waals surface area (Å²) >= 11 is 0. The van der Waals surface area contributed by atoms with Crippen molar-refractivity contribution in [2.45, 2.75) is 19.8 Å². The minimum atomic E-state index is -0.521. The van der Waals surface area contributed by atoms with Gasteiger partial charge in [-0.05, 0) is 48.9 Å². The quantitative estimate of drug-likeness (QED) is 0.315. The second kappa shape index (κ2) is 8.22. The number of carbonyl (C=O) groups is 2. The Morgan fingerprint density at radius 3 is 2.53 bits per heavy atom. The van der Waals surface area contributed by atoms with Gasteiger partial charge in [0.25, 0.3) is 11.6 Å². The third-order valence-electron chi connectivity index (χ3n) is 6.59. The van der Waals surface area contributed by atoms with Gasteiger partial charge in [-0.2, -0.15) is 0 Å². The molecule has 34 heavy (non-hydrogen) atoms. The van der Waals surface area contributed by atoms with Gasteiger partial charge in [-0.25, -0.2) is 0 Å². The number of non-ortho nitro benzene ring substituents is 1. The number of amides is 2. The molecule has 5 rings (SSSR count). The molecule has 10 heteroatoms. The Balaban J connectivity index is 1.30. The first-order valence-corrected chi connectivity index (χ1v) is 10.8. The maximum atomic E-state index is 13.1. The SMILES string of the molecule is C[C@]1(C(=O)Nc2ccccc2C(=O)Nc2nnc(-c3ccc([N+](=O)[O-])cc3)o2)C[C@H]2C=C[C@H]1C2. The fraction of sp³-hybridized carbons (Fsp3) is 0.250. The lowest BCUT2D eigenvalue weighted by Gasteiger charge is -2.30. The second-order valence-corrected chi connectivity index (χ2v) is 8.78. The van der Waals surface area contributed by atoms with Crippen molar-refractivity contribution in [3.63, 3.8) is 0 Å². The van der Waals surface area contributed by atoms with Crippen molar-refractivity contribution in [1.29, 1.82) is 0 Å². The van der Waals surface area contributed by atoms with Crippen LogP contribution in [0.25, 0.3) is 11.5 Å². The summed E-state index contributed by atoms with van der Waals surface area (Å²) in [5.74, 6) is 0.108. The van der Waals surface area contributed by atoms with Gasteiger partial charge >= 0.3 is 6.01 Å². The zero-order chi connectivity index (χ0) is 23.9. The molecule has 0 spiro atoms. The Morgan fingerprint density at radius 2 is 1.85 bits per heavy atom. The van der Waals surface area contributed by atoms with Crippen LogP contribution >= 0.6 is 0 Å². The van der Waals surface area contributed by atoms with E-state index in [1.807, 2.05) is 6.92 Å². The minimum absolute atomic E-state index is 0.0641. The van der Waals surface area contributed by atoms with Crippen LogP contribution < -0.4 is 10.6 Å². The van der Waals surface area contributed by atoms with Crippen molar-refractivity contribution in [2.24, 2.45) is 17.3 Å². The number of allylic oxidation sites excluding steroid dienone is 2. The van der Waals surface area contributed by atoms with Crippen LogP contribution in [0.2, 0.25) is 0 Å². The van der Waals surface area contributed by atoms with Crippen LogP contribution in [0.3, 0.4) is 0 Å². The molecule has 3 aromatic rings. The molecule has 1 fully saturated rings. The van der Waals surface area contributed by atoms with Gasteiger partial charge in [0.05, 0.1) is 21.6 Å². The average molecular weight is 459 g/mol. The van der Waals surface area contributed by atoms with Gasteiger partial charge in [-0.3, -0.25) is 25.0 Å². The van der Waals surface area contributed by atoms with Crippen molar-refractivity contribution in [3.05, 3.63) is 76.4 Å². The van der Waals surface area contributed by atoms with Crippen LogP contribution in [0.15, 0.2) is 65.1 Å². The largest absolute Gasteiger partial charge is 0.403 e. The molecule has 1 aromatic heterocycles. The Morgan fingerprint density at radius 1 is 1.09 bits per heavy atom. The van der Waals surface area contributed by atoms with Crippen molar-refractivity contribution < 1.29 is 18.9 Å². The van der Waals surface area contributed by atoms with Crippen LogP contribution in [0.4, 0.5) is 17.4 Å². The van der Waals surface area contributed by atoms with E-state index in [4.69, 9.17) is 4.42 Å². The molecule has 2 N–H and O–H groups in total. The molecule has 10 nitrogen and oxygen atoms in total. The highest BCUT2D eigenvalue weighted by atomic mass is 16.6. The molecule has 1 heterocycles. The Labute approximate surface area is 194 Å². The zero-order valence-corrected chi connectivity index (χ0v) is 18.2. The van der Waals surface area contributed by atoms with Crippen LogP contribution in [0.5, 0.6) is 0 Å².